The van der Waals surface area contributed by atoms with E-state index in [1.54, 1.807) is 0 Å². The molecule has 2 aromatic heterocycles. The molecule has 4 heteroatoms. The molecular formula is C21H13N3O. The van der Waals surface area contributed by atoms with E-state index in [1.807, 2.05) is 35.0 Å². The smallest absolute Gasteiger partial charge is 0.163 e. The first-order valence-corrected chi connectivity index (χ1v) is 8.30. The SMILES string of the molecule is c1ccc2cc3c(cc2c1)OCc1cn2nc4ccccc4c2nc1-3. The Morgan fingerprint density at radius 1 is 0.920 bits per heavy atom. The van der Waals surface area contributed by atoms with Crippen LogP contribution in [0.5, 0.6) is 5.75 Å². The normalized spacial score (nSPS) is 13.0. The molecular weight excluding hydrogens is 310 g/mol. The highest BCUT2D eigenvalue weighted by molar-refractivity contribution is 5.94. The lowest BCUT2D eigenvalue weighted by Gasteiger charge is -2.20. The Labute approximate surface area is 143 Å². The second-order valence-corrected chi connectivity index (χ2v) is 6.38. The van der Waals surface area contributed by atoms with Crippen LogP contribution in [-0.2, 0) is 6.61 Å². The van der Waals surface area contributed by atoms with E-state index in [2.05, 4.69) is 41.5 Å². The fourth-order valence-electron chi connectivity index (χ4n) is 3.64. The van der Waals surface area contributed by atoms with Crippen LogP contribution in [0.25, 0.3) is 38.6 Å². The van der Waals surface area contributed by atoms with Gasteiger partial charge in [-0.25, -0.2) is 9.50 Å². The maximum atomic E-state index is 6.00. The van der Waals surface area contributed by atoms with Crippen LogP contribution in [-0.4, -0.2) is 14.6 Å². The van der Waals surface area contributed by atoms with Gasteiger partial charge >= 0.3 is 0 Å². The number of ether oxygens (including phenoxy) is 1. The summed E-state index contributed by atoms with van der Waals surface area (Å²) in [6.45, 7) is 0.514. The third kappa shape index (κ3) is 1.76. The average Bonchev–Trinajstić information content (AvgIpc) is 3.02. The van der Waals surface area contributed by atoms with Gasteiger partial charge in [-0.3, -0.25) is 0 Å². The van der Waals surface area contributed by atoms with E-state index in [4.69, 9.17) is 9.72 Å². The molecule has 0 saturated carbocycles. The van der Waals surface area contributed by atoms with Crippen molar-refractivity contribution < 1.29 is 4.74 Å². The van der Waals surface area contributed by atoms with E-state index in [0.29, 0.717) is 6.61 Å². The summed E-state index contributed by atoms with van der Waals surface area (Å²) in [5.74, 6) is 0.895. The fraction of sp³-hybridized carbons (Fsp3) is 0.0476. The lowest BCUT2D eigenvalue weighted by Crippen LogP contribution is -2.09. The maximum Gasteiger partial charge on any atom is 0.163 e. The lowest BCUT2D eigenvalue weighted by atomic mass is 9.99. The van der Waals surface area contributed by atoms with Gasteiger partial charge in [0.05, 0.1) is 11.2 Å². The predicted octanol–water partition coefficient (Wildman–Crippen LogP) is 4.60. The molecule has 0 unspecified atom stereocenters. The molecule has 25 heavy (non-hydrogen) atoms. The molecule has 5 aromatic rings. The van der Waals surface area contributed by atoms with Crippen molar-refractivity contribution in [1.82, 2.24) is 14.6 Å². The molecule has 0 spiro atoms. The van der Waals surface area contributed by atoms with Crippen molar-refractivity contribution in [3.8, 4) is 17.0 Å². The molecule has 1 aliphatic rings. The van der Waals surface area contributed by atoms with Gasteiger partial charge in [0, 0.05) is 22.7 Å². The average molecular weight is 323 g/mol. The van der Waals surface area contributed by atoms with Gasteiger partial charge in [0.1, 0.15) is 12.4 Å². The molecule has 0 bridgehead atoms. The number of aromatic nitrogens is 3. The molecule has 0 aliphatic carbocycles. The molecule has 0 atom stereocenters. The van der Waals surface area contributed by atoms with Crippen molar-refractivity contribution >= 4 is 27.3 Å². The van der Waals surface area contributed by atoms with E-state index in [9.17, 15) is 0 Å². The summed E-state index contributed by atoms with van der Waals surface area (Å²) in [7, 11) is 0. The Kier molecular flexibility index (Phi) is 2.37. The largest absolute Gasteiger partial charge is 0.488 e. The molecule has 4 nitrogen and oxygen atoms in total. The van der Waals surface area contributed by atoms with Crippen molar-refractivity contribution in [3.63, 3.8) is 0 Å². The van der Waals surface area contributed by atoms with Crippen molar-refractivity contribution in [2.24, 2.45) is 0 Å². The van der Waals surface area contributed by atoms with E-state index < -0.39 is 0 Å². The Balaban J connectivity index is 1.70. The monoisotopic (exact) mass is 323 g/mol. The highest BCUT2D eigenvalue weighted by Crippen LogP contribution is 2.39. The molecule has 3 heterocycles. The zero-order valence-corrected chi connectivity index (χ0v) is 13.3. The minimum absolute atomic E-state index is 0.514. The van der Waals surface area contributed by atoms with Gasteiger partial charge in [-0.05, 0) is 35.0 Å². The summed E-state index contributed by atoms with van der Waals surface area (Å²) >= 11 is 0. The second kappa shape index (κ2) is 4.57. The van der Waals surface area contributed by atoms with Gasteiger partial charge in [0.25, 0.3) is 0 Å². The van der Waals surface area contributed by atoms with Gasteiger partial charge in [0.2, 0.25) is 0 Å². The molecule has 1 aliphatic heterocycles. The molecule has 0 amide bonds. The predicted molar refractivity (Wildman–Crippen MR) is 97.8 cm³/mol. The third-order valence-electron chi connectivity index (χ3n) is 4.86. The van der Waals surface area contributed by atoms with Crippen LogP contribution < -0.4 is 4.74 Å². The Morgan fingerprint density at radius 3 is 2.64 bits per heavy atom. The maximum absolute atomic E-state index is 6.00. The standard InChI is InChI=1S/C21H13N3O/c1-2-6-14-10-19-17(9-13(14)5-1)20-15(12-25-19)11-24-21(22-20)16-7-3-4-8-18(16)23-24/h1-11H,12H2. The summed E-state index contributed by atoms with van der Waals surface area (Å²) in [5, 5.41) is 8.07. The van der Waals surface area contributed by atoms with E-state index in [0.717, 1.165) is 39.1 Å². The summed E-state index contributed by atoms with van der Waals surface area (Å²) < 4.78 is 7.86. The molecule has 0 saturated heterocycles. The summed E-state index contributed by atoms with van der Waals surface area (Å²) in [5.41, 5.74) is 4.94. The second-order valence-electron chi connectivity index (χ2n) is 6.38. The fourth-order valence-corrected chi connectivity index (χ4v) is 3.64. The molecule has 6 rings (SSSR count). The molecule has 118 valence electrons. The van der Waals surface area contributed by atoms with Gasteiger partial charge < -0.3 is 4.74 Å². The third-order valence-corrected chi connectivity index (χ3v) is 4.86. The number of benzene rings is 3. The Bertz CT molecular complexity index is 1300. The first kappa shape index (κ1) is 13.0. The van der Waals surface area contributed by atoms with Gasteiger partial charge in [-0.2, -0.15) is 5.10 Å². The van der Waals surface area contributed by atoms with Gasteiger partial charge in [-0.15, -0.1) is 0 Å². The van der Waals surface area contributed by atoms with Crippen LogP contribution in [0.3, 0.4) is 0 Å². The highest BCUT2D eigenvalue weighted by atomic mass is 16.5. The van der Waals surface area contributed by atoms with Crippen LogP contribution >= 0.6 is 0 Å². The quantitative estimate of drug-likeness (QED) is 0.418. The Hall–Kier alpha value is -3.40. The molecule has 0 radical (unpaired) electrons. The summed E-state index contributed by atoms with van der Waals surface area (Å²) in [6.07, 6.45) is 2.04. The zero-order chi connectivity index (χ0) is 16.4. The lowest BCUT2D eigenvalue weighted by molar-refractivity contribution is 0.301. The van der Waals surface area contributed by atoms with Crippen LogP contribution in [0.1, 0.15) is 5.56 Å². The van der Waals surface area contributed by atoms with Gasteiger partial charge in [-0.1, -0.05) is 36.4 Å². The number of nitrogens with zero attached hydrogens (tertiary/aromatic N) is 3. The first-order valence-electron chi connectivity index (χ1n) is 8.30. The van der Waals surface area contributed by atoms with Crippen molar-refractivity contribution in [2.75, 3.05) is 0 Å². The summed E-state index contributed by atoms with van der Waals surface area (Å²) in [4.78, 5) is 4.97. The van der Waals surface area contributed by atoms with Crippen molar-refractivity contribution in [3.05, 3.63) is 72.4 Å². The number of rotatable bonds is 0. The minimum Gasteiger partial charge on any atom is -0.488 e. The van der Waals surface area contributed by atoms with Crippen LogP contribution in [0, 0.1) is 0 Å². The molecule has 3 aromatic carbocycles. The first-order chi connectivity index (χ1) is 12.4. The van der Waals surface area contributed by atoms with Crippen molar-refractivity contribution in [2.45, 2.75) is 6.61 Å². The number of hydrogen-bond acceptors (Lipinski definition) is 3. The minimum atomic E-state index is 0.514. The molecule has 0 N–H and O–H groups in total. The summed E-state index contributed by atoms with van der Waals surface area (Å²) in [6, 6.07) is 20.7. The van der Waals surface area contributed by atoms with E-state index in [-0.39, 0.29) is 0 Å². The Morgan fingerprint density at radius 2 is 1.72 bits per heavy atom. The van der Waals surface area contributed by atoms with Crippen LogP contribution in [0.2, 0.25) is 0 Å². The highest BCUT2D eigenvalue weighted by Gasteiger charge is 2.21. The van der Waals surface area contributed by atoms with E-state index in [1.165, 1.54) is 10.8 Å². The number of hydrogen-bond donors (Lipinski definition) is 0. The topological polar surface area (TPSA) is 39.4 Å². The number of fused-ring (bicyclic) bond motifs is 7. The van der Waals surface area contributed by atoms with Gasteiger partial charge in [0.15, 0.2) is 5.65 Å². The van der Waals surface area contributed by atoms with Crippen LogP contribution in [0.15, 0.2) is 66.9 Å². The van der Waals surface area contributed by atoms with Crippen LogP contribution in [0.4, 0.5) is 0 Å². The van der Waals surface area contributed by atoms with Crippen molar-refractivity contribution in [1.29, 1.82) is 0 Å². The zero-order valence-electron chi connectivity index (χ0n) is 13.3. The van der Waals surface area contributed by atoms with E-state index >= 15 is 0 Å². The molecule has 0 fully saturated rings.